The molecule has 0 N–H and O–H groups in total. The van der Waals surface area contributed by atoms with Gasteiger partial charge in [0.05, 0.1) is 11.6 Å². The van der Waals surface area contributed by atoms with Gasteiger partial charge < -0.3 is 0 Å². The maximum Gasteiger partial charge on any atom is 0.238 e. The molecule has 4 nitrogen and oxygen atoms in total. The van der Waals surface area contributed by atoms with Crippen molar-refractivity contribution in [1.29, 1.82) is 0 Å². The number of Topliss-reactive ketones (excluding diaryl/α,β-unsaturated/α-hetero) is 1. The summed E-state index contributed by atoms with van der Waals surface area (Å²) in [6.45, 7) is 4.91. The van der Waals surface area contributed by atoms with E-state index in [0.717, 1.165) is 0 Å². The Kier molecular flexibility index (Phi) is 3.27. The molecule has 0 saturated carbocycles. The number of carbonyl (C=O) groups excluding carboxylic acids is 3. The highest BCUT2D eigenvalue weighted by atomic mass is 16.2. The molecule has 1 aliphatic heterocycles. The van der Waals surface area contributed by atoms with Gasteiger partial charge in [-0.2, -0.15) is 0 Å². The molecule has 1 aromatic carbocycles. The van der Waals surface area contributed by atoms with Crippen LogP contribution in [0.5, 0.6) is 0 Å². The zero-order chi connectivity index (χ0) is 14.2. The number of anilines is 1. The van der Waals surface area contributed by atoms with E-state index in [2.05, 4.69) is 0 Å². The number of hydrogen-bond donors (Lipinski definition) is 0. The van der Waals surface area contributed by atoms with Crippen molar-refractivity contribution in [3.63, 3.8) is 0 Å². The van der Waals surface area contributed by atoms with Crippen LogP contribution in [0.25, 0.3) is 0 Å². The molecule has 0 aliphatic carbocycles. The zero-order valence-corrected chi connectivity index (χ0v) is 11.3. The number of hydrogen-bond acceptors (Lipinski definition) is 3. The average molecular weight is 259 g/mol. The molecule has 19 heavy (non-hydrogen) atoms. The van der Waals surface area contributed by atoms with Gasteiger partial charge in [-0.15, -0.1) is 0 Å². The van der Waals surface area contributed by atoms with Crippen molar-refractivity contribution >= 4 is 23.3 Å². The van der Waals surface area contributed by atoms with Gasteiger partial charge in [0.2, 0.25) is 11.8 Å². The van der Waals surface area contributed by atoms with E-state index in [1.165, 1.54) is 11.8 Å². The van der Waals surface area contributed by atoms with E-state index >= 15 is 0 Å². The Hall–Kier alpha value is -1.97. The summed E-state index contributed by atoms with van der Waals surface area (Å²) in [6.07, 6.45) is 0.0975. The van der Waals surface area contributed by atoms with Crippen LogP contribution in [0.2, 0.25) is 0 Å². The monoisotopic (exact) mass is 259 g/mol. The Bertz CT molecular complexity index is 534. The first-order valence-corrected chi connectivity index (χ1v) is 6.28. The molecule has 2 amide bonds. The van der Waals surface area contributed by atoms with Crippen molar-refractivity contribution in [3.8, 4) is 0 Å². The third kappa shape index (κ3) is 2.18. The van der Waals surface area contributed by atoms with E-state index in [4.69, 9.17) is 0 Å². The summed E-state index contributed by atoms with van der Waals surface area (Å²) in [5.74, 6) is -1.17. The summed E-state index contributed by atoms with van der Waals surface area (Å²) in [4.78, 5) is 37.3. The molecule has 1 saturated heterocycles. The second-order valence-electron chi connectivity index (χ2n) is 5.44. The maximum absolute atomic E-state index is 12.4. The largest absolute Gasteiger partial charge is 0.299 e. The van der Waals surface area contributed by atoms with Crippen LogP contribution in [0.1, 0.15) is 27.2 Å². The molecule has 1 aromatic rings. The van der Waals surface area contributed by atoms with E-state index in [1.54, 1.807) is 38.1 Å². The van der Waals surface area contributed by atoms with E-state index in [1.807, 2.05) is 6.07 Å². The molecule has 1 aliphatic rings. The van der Waals surface area contributed by atoms with Gasteiger partial charge in [-0.05, 0) is 19.1 Å². The second kappa shape index (κ2) is 4.61. The number of rotatable bonds is 3. The minimum absolute atomic E-state index is 0.0754. The number of benzene rings is 1. The molecule has 1 heterocycles. The summed E-state index contributed by atoms with van der Waals surface area (Å²) in [5.41, 5.74) is -0.240. The molecular formula is C15H17NO3. The number of para-hydroxylation sites is 1. The van der Waals surface area contributed by atoms with Crippen LogP contribution in [0, 0.1) is 11.3 Å². The minimum Gasteiger partial charge on any atom is -0.299 e. The second-order valence-corrected chi connectivity index (χ2v) is 5.44. The van der Waals surface area contributed by atoms with Crippen LogP contribution in [0.15, 0.2) is 30.3 Å². The average Bonchev–Trinajstić information content (AvgIpc) is 2.66. The smallest absolute Gasteiger partial charge is 0.238 e. The number of nitrogens with zero attached hydrogens (tertiary/aromatic N) is 1. The predicted octanol–water partition coefficient (Wildman–Crippen LogP) is 2.18. The molecule has 0 spiro atoms. The quantitative estimate of drug-likeness (QED) is 0.782. The molecule has 100 valence electrons. The van der Waals surface area contributed by atoms with Crippen molar-refractivity contribution in [3.05, 3.63) is 30.3 Å². The van der Waals surface area contributed by atoms with Gasteiger partial charge in [0, 0.05) is 11.8 Å². The van der Waals surface area contributed by atoms with E-state index < -0.39 is 11.3 Å². The third-order valence-corrected chi connectivity index (χ3v) is 3.94. The molecule has 1 atom stereocenters. The van der Waals surface area contributed by atoms with Crippen LogP contribution < -0.4 is 4.90 Å². The van der Waals surface area contributed by atoms with Crippen molar-refractivity contribution in [1.82, 2.24) is 0 Å². The topological polar surface area (TPSA) is 54.5 Å². The van der Waals surface area contributed by atoms with Crippen molar-refractivity contribution in [2.24, 2.45) is 11.3 Å². The highest BCUT2D eigenvalue weighted by Gasteiger charge is 2.49. The van der Waals surface area contributed by atoms with Gasteiger partial charge >= 0.3 is 0 Å². The first-order valence-electron chi connectivity index (χ1n) is 6.28. The molecule has 0 unspecified atom stereocenters. The molecule has 2 rings (SSSR count). The lowest BCUT2D eigenvalue weighted by molar-refractivity contribution is -0.134. The SMILES string of the molecule is CC(=O)C(C)(C)[C@H]1CC(=O)N(c2ccccc2)C1=O. The molecular weight excluding hydrogens is 242 g/mol. The highest BCUT2D eigenvalue weighted by Crippen LogP contribution is 2.38. The molecule has 0 aromatic heterocycles. The zero-order valence-electron chi connectivity index (χ0n) is 11.3. The van der Waals surface area contributed by atoms with Gasteiger partial charge in [0.15, 0.2) is 0 Å². The fraction of sp³-hybridized carbons (Fsp3) is 0.400. The van der Waals surface area contributed by atoms with Gasteiger partial charge in [-0.25, -0.2) is 0 Å². The Labute approximate surface area is 112 Å². The fourth-order valence-corrected chi connectivity index (χ4v) is 2.29. The molecule has 1 fully saturated rings. The summed E-state index contributed by atoms with van der Waals surface area (Å²) in [6, 6.07) is 8.82. The maximum atomic E-state index is 12.4. The Morgan fingerprint density at radius 3 is 2.32 bits per heavy atom. The van der Waals surface area contributed by atoms with Crippen LogP contribution in [0.4, 0.5) is 5.69 Å². The number of amides is 2. The van der Waals surface area contributed by atoms with E-state index in [0.29, 0.717) is 5.69 Å². The summed E-state index contributed by atoms with van der Waals surface area (Å²) in [5, 5.41) is 0. The lowest BCUT2D eigenvalue weighted by Gasteiger charge is -2.26. The van der Waals surface area contributed by atoms with E-state index in [-0.39, 0.29) is 24.0 Å². The normalized spacial score (nSPS) is 19.9. The number of ketones is 1. The van der Waals surface area contributed by atoms with Crippen LogP contribution in [0.3, 0.4) is 0 Å². The summed E-state index contributed by atoms with van der Waals surface area (Å²) in [7, 11) is 0. The van der Waals surface area contributed by atoms with Crippen LogP contribution in [-0.2, 0) is 14.4 Å². The van der Waals surface area contributed by atoms with Crippen LogP contribution in [-0.4, -0.2) is 17.6 Å². The Balaban J connectivity index is 2.35. The first-order chi connectivity index (χ1) is 8.85. The molecule has 0 radical (unpaired) electrons. The van der Waals surface area contributed by atoms with Crippen LogP contribution >= 0.6 is 0 Å². The van der Waals surface area contributed by atoms with Gasteiger partial charge in [-0.1, -0.05) is 32.0 Å². The molecule has 4 heteroatoms. The van der Waals surface area contributed by atoms with Gasteiger partial charge in [0.25, 0.3) is 0 Å². The minimum atomic E-state index is -0.809. The van der Waals surface area contributed by atoms with E-state index in [9.17, 15) is 14.4 Å². The van der Waals surface area contributed by atoms with Crippen molar-refractivity contribution in [2.45, 2.75) is 27.2 Å². The lowest BCUT2D eigenvalue weighted by atomic mass is 9.75. The Morgan fingerprint density at radius 1 is 1.21 bits per heavy atom. The third-order valence-electron chi connectivity index (χ3n) is 3.94. The highest BCUT2D eigenvalue weighted by molar-refractivity contribution is 6.22. The first kappa shape index (κ1) is 13.5. The van der Waals surface area contributed by atoms with Gasteiger partial charge in [0.1, 0.15) is 5.78 Å². The lowest BCUT2D eigenvalue weighted by Crippen LogP contribution is -2.38. The van der Waals surface area contributed by atoms with Crippen molar-refractivity contribution < 1.29 is 14.4 Å². The summed E-state index contributed by atoms with van der Waals surface area (Å²) < 4.78 is 0. The fourth-order valence-electron chi connectivity index (χ4n) is 2.29. The predicted molar refractivity (Wildman–Crippen MR) is 71.5 cm³/mol. The number of carbonyl (C=O) groups is 3. The van der Waals surface area contributed by atoms with Crippen molar-refractivity contribution in [2.75, 3.05) is 4.90 Å². The summed E-state index contributed by atoms with van der Waals surface area (Å²) >= 11 is 0. The standard InChI is InChI=1S/C15H17NO3/c1-10(17)15(2,3)12-9-13(18)16(14(12)19)11-7-5-4-6-8-11/h4-8,12H,9H2,1-3H3/t12-/m0/s1. The number of imide groups is 1. The van der Waals surface area contributed by atoms with Gasteiger partial charge in [-0.3, -0.25) is 19.3 Å². The molecule has 0 bridgehead atoms. The Morgan fingerprint density at radius 2 is 1.79 bits per heavy atom.